The molecule has 1 amide bonds. The van der Waals surface area contributed by atoms with Gasteiger partial charge in [-0.2, -0.15) is 0 Å². The number of esters is 2. The Morgan fingerprint density at radius 1 is 1.28 bits per heavy atom. The topological polar surface area (TPSA) is 81.7 Å². The van der Waals surface area contributed by atoms with Crippen LogP contribution >= 0.6 is 11.3 Å². The van der Waals surface area contributed by atoms with Gasteiger partial charge in [0.15, 0.2) is 0 Å². The highest BCUT2D eigenvalue weighted by molar-refractivity contribution is 7.17. The van der Waals surface area contributed by atoms with E-state index in [-0.39, 0.29) is 13.0 Å². The smallest absolute Gasteiger partial charge is 0.341 e. The van der Waals surface area contributed by atoms with Gasteiger partial charge >= 0.3 is 11.9 Å². The number of carbonyl (C=O) groups is 3. The van der Waals surface area contributed by atoms with Crippen LogP contribution in [0.2, 0.25) is 0 Å². The van der Waals surface area contributed by atoms with E-state index in [1.165, 1.54) is 18.4 Å². The molecule has 1 atom stereocenters. The summed E-state index contributed by atoms with van der Waals surface area (Å²) >= 11 is 1.42. The van der Waals surface area contributed by atoms with Crippen molar-refractivity contribution >= 4 is 34.2 Å². The minimum absolute atomic E-state index is 0.275. The van der Waals surface area contributed by atoms with Gasteiger partial charge in [0.25, 0.3) is 0 Å². The van der Waals surface area contributed by atoms with Crippen LogP contribution in [0.1, 0.15) is 60.3 Å². The molecule has 0 saturated heterocycles. The molecule has 1 aliphatic carbocycles. The number of thiophene rings is 1. The first-order valence-electron chi connectivity index (χ1n) is 8.68. The molecule has 1 aliphatic rings. The number of fused-ring (bicyclic) bond motifs is 1. The van der Waals surface area contributed by atoms with Gasteiger partial charge < -0.3 is 14.8 Å². The summed E-state index contributed by atoms with van der Waals surface area (Å²) in [7, 11) is 1.23. The predicted octanol–water partition coefficient (Wildman–Crippen LogP) is 3.33. The average Bonchev–Trinajstić information content (AvgIpc) is 2.92. The quantitative estimate of drug-likeness (QED) is 0.590. The maximum absolute atomic E-state index is 12.4. The predicted molar refractivity (Wildman–Crippen MR) is 96.0 cm³/mol. The van der Waals surface area contributed by atoms with E-state index in [9.17, 15) is 14.4 Å². The van der Waals surface area contributed by atoms with Crippen LogP contribution in [0.4, 0.5) is 5.00 Å². The lowest BCUT2D eigenvalue weighted by Gasteiger charge is -2.21. The zero-order chi connectivity index (χ0) is 18.4. The third-order valence-corrected chi connectivity index (χ3v) is 5.50. The number of hydrogen-bond donors (Lipinski definition) is 1. The van der Waals surface area contributed by atoms with Crippen molar-refractivity contribution in [2.45, 2.75) is 52.4 Å². The summed E-state index contributed by atoms with van der Waals surface area (Å²) < 4.78 is 9.69. The number of nitrogens with one attached hydrogen (secondary N) is 1. The largest absolute Gasteiger partial charge is 0.469 e. The number of amides is 1. The summed E-state index contributed by atoms with van der Waals surface area (Å²) in [6.45, 7) is 4.20. The molecule has 138 valence electrons. The van der Waals surface area contributed by atoms with Crippen LogP contribution in [0, 0.1) is 5.92 Å². The van der Waals surface area contributed by atoms with Crippen molar-refractivity contribution in [3.8, 4) is 0 Å². The van der Waals surface area contributed by atoms with E-state index in [1.54, 1.807) is 6.92 Å². The lowest BCUT2D eigenvalue weighted by molar-refractivity contribution is -0.142. The van der Waals surface area contributed by atoms with E-state index < -0.39 is 17.8 Å². The molecular weight excluding hydrogens is 342 g/mol. The molecule has 7 heteroatoms. The molecule has 0 fully saturated rings. The van der Waals surface area contributed by atoms with E-state index >= 15 is 0 Å². The second-order valence-corrected chi connectivity index (χ2v) is 7.23. The number of rotatable bonds is 7. The molecule has 2 rings (SSSR count). The zero-order valence-electron chi connectivity index (χ0n) is 15.0. The van der Waals surface area contributed by atoms with E-state index in [0.29, 0.717) is 16.5 Å². The lowest BCUT2D eigenvalue weighted by atomic mass is 9.84. The van der Waals surface area contributed by atoms with Crippen LogP contribution in [0.5, 0.6) is 0 Å². The Kier molecular flexibility index (Phi) is 6.99. The molecule has 0 aliphatic heterocycles. The second kappa shape index (κ2) is 8.99. The molecule has 1 aromatic heterocycles. The summed E-state index contributed by atoms with van der Waals surface area (Å²) in [4.78, 5) is 36.9. The molecule has 1 aromatic rings. The average molecular weight is 367 g/mol. The molecular formula is C18H25NO5S. The van der Waals surface area contributed by atoms with Crippen molar-refractivity contribution in [1.82, 2.24) is 0 Å². The Hall–Kier alpha value is -1.89. The molecule has 0 spiro atoms. The highest BCUT2D eigenvalue weighted by Crippen LogP contribution is 2.41. The molecule has 0 saturated carbocycles. The molecule has 1 N–H and O–H groups in total. The van der Waals surface area contributed by atoms with Crippen LogP contribution < -0.4 is 5.32 Å². The highest BCUT2D eigenvalue weighted by Gasteiger charge is 2.30. The van der Waals surface area contributed by atoms with Crippen molar-refractivity contribution in [3.63, 3.8) is 0 Å². The second-order valence-electron chi connectivity index (χ2n) is 6.13. The van der Waals surface area contributed by atoms with Gasteiger partial charge in [0.2, 0.25) is 5.91 Å². The van der Waals surface area contributed by atoms with Gasteiger partial charge in [0, 0.05) is 4.88 Å². The van der Waals surface area contributed by atoms with E-state index in [2.05, 4.69) is 17.0 Å². The highest BCUT2D eigenvalue weighted by atomic mass is 32.1. The van der Waals surface area contributed by atoms with Gasteiger partial charge in [-0.3, -0.25) is 9.59 Å². The maximum Gasteiger partial charge on any atom is 0.341 e. The minimum Gasteiger partial charge on any atom is -0.469 e. The molecule has 1 heterocycles. The molecule has 0 unspecified atom stereocenters. The van der Waals surface area contributed by atoms with Gasteiger partial charge in [0.1, 0.15) is 11.4 Å². The van der Waals surface area contributed by atoms with Gasteiger partial charge in [-0.15, -0.1) is 11.3 Å². The third kappa shape index (κ3) is 4.81. The molecule has 6 nitrogen and oxygen atoms in total. The van der Waals surface area contributed by atoms with E-state index in [1.807, 2.05) is 0 Å². The van der Waals surface area contributed by atoms with Crippen molar-refractivity contribution in [2.24, 2.45) is 5.92 Å². The van der Waals surface area contributed by atoms with Gasteiger partial charge in [-0.25, -0.2) is 4.79 Å². The summed E-state index contributed by atoms with van der Waals surface area (Å²) in [5, 5.41) is 3.18. The number of anilines is 1. The van der Waals surface area contributed by atoms with Crippen molar-refractivity contribution < 1.29 is 23.9 Å². The summed E-state index contributed by atoms with van der Waals surface area (Å²) in [6, 6.07) is 0. The van der Waals surface area contributed by atoms with E-state index in [4.69, 9.17) is 4.74 Å². The van der Waals surface area contributed by atoms with Crippen molar-refractivity contribution in [2.75, 3.05) is 19.0 Å². The fourth-order valence-electron chi connectivity index (χ4n) is 3.19. The SMILES string of the molecule is CCC[C@H]1CCc2c(sc(NC(=O)CC(=O)OC)c2C(=O)OCC)C1. The van der Waals surface area contributed by atoms with Gasteiger partial charge in [-0.1, -0.05) is 19.8 Å². The van der Waals surface area contributed by atoms with Crippen molar-refractivity contribution in [3.05, 3.63) is 16.0 Å². The first kappa shape index (κ1) is 19.4. The molecule has 0 radical (unpaired) electrons. The standard InChI is InChI=1S/C18H25NO5S/c1-4-6-11-7-8-12-13(9-11)25-17(16(12)18(22)24-5-2)19-14(20)10-15(21)23-3/h11H,4-10H2,1-3H3,(H,19,20)/t11-/m0/s1. The first-order valence-corrected chi connectivity index (χ1v) is 9.50. The Morgan fingerprint density at radius 2 is 2.04 bits per heavy atom. The number of carbonyl (C=O) groups excluding carboxylic acids is 3. The summed E-state index contributed by atoms with van der Waals surface area (Å²) in [5.41, 5.74) is 1.44. The fraction of sp³-hybridized carbons (Fsp3) is 0.611. The van der Waals surface area contributed by atoms with E-state index in [0.717, 1.165) is 42.5 Å². The lowest BCUT2D eigenvalue weighted by Crippen LogP contribution is -2.19. The molecule has 0 aromatic carbocycles. The normalized spacial score (nSPS) is 16.0. The molecule has 0 bridgehead atoms. The van der Waals surface area contributed by atoms with Crippen LogP contribution in [0.3, 0.4) is 0 Å². The number of ether oxygens (including phenoxy) is 2. The summed E-state index contributed by atoms with van der Waals surface area (Å²) in [5.74, 6) is -0.896. The first-order chi connectivity index (χ1) is 12.0. The van der Waals surface area contributed by atoms with Crippen LogP contribution in [0.15, 0.2) is 0 Å². The molecule has 25 heavy (non-hydrogen) atoms. The summed E-state index contributed by atoms with van der Waals surface area (Å²) in [6.07, 6.45) is 4.71. The Bertz CT molecular complexity index is 652. The fourth-order valence-corrected chi connectivity index (χ4v) is 4.56. The maximum atomic E-state index is 12.4. The monoisotopic (exact) mass is 367 g/mol. The number of hydrogen-bond acceptors (Lipinski definition) is 6. The zero-order valence-corrected chi connectivity index (χ0v) is 15.8. The minimum atomic E-state index is -0.612. The Balaban J connectivity index is 2.27. The van der Waals surface area contributed by atoms with Crippen LogP contribution in [0.25, 0.3) is 0 Å². The van der Waals surface area contributed by atoms with Crippen LogP contribution in [-0.4, -0.2) is 31.6 Å². The van der Waals surface area contributed by atoms with Gasteiger partial charge in [-0.05, 0) is 37.7 Å². The number of methoxy groups -OCH3 is 1. The van der Waals surface area contributed by atoms with Gasteiger partial charge in [0.05, 0.1) is 19.3 Å². The van der Waals surface area contributed by atoms with Crippen molar-refractivity contribution in [1.29, 1.82) is 0 Å². The Morgan fingerprint density at radius 3 is 2.68 bits per heavy atom. The van der Waals surface area contributed by atoms with Crippen LogP contribution in [-0.2, 0) is 31.9 Å². The Labute approximate surface area is 151 Å². The third-order valence-electron chi connectivity index (χ3n) is 4.33.